The Kier molecular flexibility index (Phi) is 79.2. The molecule has 1 aliphatic rings. The van der Waals surface area contributed by atoms with Gasteiger partial charge in [0.05, 0.1) is 0 Å². The maximum absolute atomic E-state index is 6.45. The fourth-order valence-electron chi connectivity index (χ4n) is 0.340. The first-order valence-corrected chi connectivity index (χ1v) is 12.4. The van der Waals surface area contributed by atoms with Gasteiger partial charge in [0, 0.05) is 0 Å². The van der Waals surface area contributed by atoms with Crippen LogP contribution in [0.2, 0.25) is 11.5 Å². The zero-order chi connectivity index (χ0) is 16.5. The summed E-state index contributed by atoms with van der Waals surface area (Å²) < 4.78 is 0. The van der Waals surface area contributed by atoms with Crippen LogP contribution in [0, 0.1) is 6.08 Å². The molecule has 0 saturated heterocycles. The first-order chi connectivity index (χ1) is 9.66. The van der Waals surface area contributed by atoms with Crippen LogP contribution >= 0.6 is 0 Å². The van der Waals surface area contributed by atoms with E-state index in [0.717, 1.165) is 25.7 Å². The molecule has 0 unspecified atom stereocenters. The maximum Gasteiger partial charge on any atom is 4.00 e. The van der Waals surface area contributed by atoms with E-state index < -0.39 is 0 Å². The smallest absolute Gasteiger partial charge is 4.00 e. The van der Waals surface area contributed by atoms with E-state index in [0.29, 0.717) is 35.1 Å². The standard InChI is InChI=1S/C5H5.3C3H8N.C2H7Ge.Zr/c1-2-4-5-3-1;3*1-2-3-4;1-3-2;/h1-3H,4H2;3*4H,2-3H2,1H3;3H,1-2H3;/q4*-1;;+4. The third-order valence-corrected chi connectivity index (χ3v) is 1.34. The minimum atomic E-state index is 0. The average molecular weight is 434 g/mol. The van der Waals surface area contributed by atoms with Crippen LogP contribution < -0.4 is 0 Å². The van der Waals surface area contributed by atoms with E-state index in [9.17, 15) is 0 Å². The van der Waals surface area contributed by atoms with Gasteiger partial charge in [-0.3, -0.25) is 6.08 Å². The fraction of sp³-hybridized carbons (Fsp3) is 0.750. The monoisotopic (exact) mass is 434 g/mol. The molecule has 0 aromatic carbocycles. The largest absolute Gasteiger partial charge is 4.00 e. The van der Waals surface area contributed by atoms with Crippen LogP contribution in [0.5, 0.6) is 0 Å². The summed E-state index contributed by atoms with van der Waals surface area (Å²) in [6.45, 7) is 7.69. The van der Waals surface area contributed by atoms with Crippen molar-refractivity contribution in [3.63, 3.8) is 0 Å². The second kappa shape index (κ2) is 49.8. The van der Waals surface area contributed by atoms with Crippen LogP contribution in [0.3, 0.4) is 0 Å². The molecule has 21 heavy (non-hydrogen) atoms. The Labute approximate surface area is 160 Å². The molecule has 123 valence electrons. The van der Waals surface area contributed by atoms with Gasteiger partial charge in [0.2, 0.25) is 0 Å². The van der Waals surface area contributed by atoms with Crippen molar-refractivity contribution >= 4 is 15.4 Å². The van der Waals surface area contributed by atoms with E-state index in [2.05, 4.69) is 23.7 Å². The molecule has 0 atom stereocenters. The van der Waals surface area contributed by atoms with Crippen molar-refractivity contribution < 1.29 is 26.2 Å². The van der Waals surface area contributed by atoms with Gasteiger partial charge in [-0.25, -0.2) is 12.2 Å². The average Bonchev–Trinajstić information content (AvgIpc) is 3.07. The third-order valence-electron chi connectivity index (χ3n) is 1.34. The Morgan fingerprint density at radius 1 is 0.905 bits per heavy atom. The number of allylic oxidation sites excluding steroid dienone is 4. The van der Waals surface area contributed by atoms with Gasteiger partial charge in [-0.15, -0.1) is 6.42 Å². The van der Waals surface area contributed by atoms with Crippen LogP contribution in [0.1, 0.15) is 46.5 Å². The summed E-state index contributed by atoms with van der Waals surface area (Å²) in [6, 6.07) is 0. The molecule has 0 spiro atoms. The van der Waals surface area contributed by atoms with E-state index in [1.54, 1.807) is 0 Å². The van der Waals surface area contributed by atoms with Gasteiger partial charge >= 0.3 is 53.1 Å². The minimum absolute atomic E-state index is 0. The molecule has 1 radical (unpaired) electrons. The molecule has 0 heterocycles. The Hall–Kier alpha value is 0.786. The third kappa shape index (κ3) is 95.0. The Morgan fingerprint density at radius 2 is 1.19 bits per heavy atom. The summed E-state index contributed by atoms with van der Waals surface area (Å²) in [7, 11) is 0. The van der Waals surface area contributed by atoms with Gasteiger partial charge in [-0.1, -0.05) is 40.0 Å². The summed E-state index contributed by atoms with van der Waals surface area (Å²) in [5.41, 5.74) is 19.4. The number of rotatable bonds is 3. The van der Waals surface area contributed by atoms with E-state index in [1.807, 2.05) is 32.9 Å². The van der Waals surface area contributed by atoms with Crippen molar-refractivity contribution in [2.24, 2.45) is 0 Å². The first kappa shape index (κ1) is 33.4. The van der Waals surface area contributed by atoms with Gasteiger partial charge in [0.15, 0.2) is 0 Å². The molecule has 0 amide bonds. The fourth-order valence-corrected chi connectivity index (χ4v) is 0.340. The van der Waals surface area contributed by atoms with Gasteiger partial charge < -0.3 is 17.2 Å². The van der Waals surface area contributed by atoms with Gasteiger partial charge in [0.25, 0.3) is 0 Å². The van der Waals surface area contributed by atoms with E-state index >= 15 is 0 Å². The Bertz CT molecular complexity index is 140. The number of hydrogen-bond donors (Lipinski definition) is 0. The molecule has 0 aliphatic heterocycles. The quantitative estimate of drug-likeness (QED) is 0.377. The summed E-state index contributed by atoms with van der Waals surface area (Å²) in [5.74, 6) is 4.56. The zero-order valence-electron chi connectivity index (χ0n) is 14.8. The molecule has 0 saturated carbocycles. The van der Waals surface area contributed by atoms with Crippen molar-refractivity contribution in [1.82, 2.24) is 0 Å². The van der Waals surface area contributed by atoms with Crippen LogP contribution in [-0.4, -0.2) is 35.1 Å². The van der Waals surface area contributed by atoms with Crippen molar-refractivity contribution in [3.05, 3.63) is 41.5 Å². The molecule has 0 fully saturated rings. The predicted molar refractivity (Wildman–Crippen MR) is 98.9 cm³/mol. The van der Waals surface area contributed by atoms with Crippen molar-refractivity contribution in [3.8, 4) is 0 Å². The van der Waals surface area contributed by atoms with E-state index in [-0.39, 0.29) is 26.2 Å². The molecule has 3 nitrogen and oxygen atoms in total. The van der Waals surface area contributed by atoms with Gasteiger partial charge in [-0.2, -0.15) is 25.7 Å². The second-order valence-corrected chi connectivity index (χ2v) is 6.25. The zero-order valence-corrected chi connectivity index (χ0v) is 19.6. The van der Waals surface area contributed by atoms with Crippen molar-refractivity contribution in [2.45, 2.75) is 58.0 Å². The summed E-state index contributed by atoms with van der Waals surface area (Å²) in [5, 5.41) is 0. The van der Waals surface area contributed by atoms with Crippen molar-refractivity contribution in [1.29, 1.82) is 0 Å². The summed E-state index contributed by atoms with van der Waals surface area (Å²) in [6.07, 6.45) is 13.0. The van der Waals surface area contributed by atoms with Gasteiger partial charge in [0.1, 0.15) is 0 Å². The molecule has 1 rings (SSSR count). The van der Waals surface area contributed by atoms with E-state index in [1.165, 1.54) is 0 Å². The molecular formula is C16H36GeN3Zr. The SMILES string of the molecule is CCC[NH-].CCC[NH-].CCC[NH-].[C-]1=CC=CC1.[CH3][GeH][CH3].[Zr+4]. The Morgan fingerprint density at radius 3 is 1.24 bits per heavy atom. The topological polar surface area (TPSA) is 71.4 Å². The minimum Gasteiger partial charge on any atom is 4.00 e. The van der Waals surface area contributed by atoms with Crippen LogP contribution in [0.4, 0.5) is 0 Å². The first-order valence-electron chi connectivity index (χ1n) is 7.55. The predicted octanol–water partition coefficient (Wildman–Crippen LogP) is 6.17. The molecule has 0 aromatic heterocycles. The maximum atomic E-state index is 6.45. The molecule has 3 N–H and O–H groups in total. The van der Waals surface area contributed by atoms with Crippen LogP contribution in [0.25, 0.3) is 17.2 Å². The molecule has 5 heteroatoms. The molecular weight excluding hydrogens is 398 g/mol. The second-order valence-electron chi connectivity index (χ2n) is 3.83. The van der Waals surface area contributed by atoms with Crippen LogP contribution in [0.15, 0.2) is 18.2 Å². The van der Waals surface area contributed by atoms with Crippen LogP contribution in [-0.2, 0) is 26.2 Å². The van der Waals surface area contributed by atoms with Gasteiger partial charge in [-0.05, 0) is 0 Å². The summed E-state index contributed by atoms with van der Waals surface area (Å²) in [4.78, 5) is 0. The number of hydrogen-bond acceptors (Lipinski definition) is 0. The molecule has 0 aromatic rings. The summed E-state index contributed by atoms with van der Waals surface area (Å²) >= 11 is 0.312. The Balaban J connectivity index is -0.0000000508. The molecule has 1 aliphatic carbocycles. The van der Waals surface area contributed by atoms with E-state index in [4.69, 9.17) is 17.2 Å². The number of nitrogens with one attached hydrogen (secondary N) is 3. The molecule has 0 bridgehead atoms. The normalized spacial score (nSPS) is 9.33. The van der Waals surface area contributed by atoms with Crippen molar-refractivity contribution in [2.75, 3.05) is 19.6 Å².